The van der Waals surface area contributed by atoms with Gasteiger partial charge in [0, 0.05) is 41.9 Å². The largest absolute Gasteiger partial charge is 0.495 e. The van der Waals surface area contributed by atoms with E-state index < -0.39 is 0 Å². The Balaban J connectivity index is 1.66. The summed E-state index contributed by atoms with van der Waals surface area (Å²) in [6.45, 7) is 0. The van der Waals surface area contributed by atoms with Crippen molar-refractivity contribution < 1.29 is 4.74 Å². The predicted octanol–water partition coefficient (Wildman–Crippen LogP) is 5.11. The van der Waals surface area contributed by atoms with Gasteiger partial charge in [0.25, 0.3) is 0 Å². The zero-order chi connectivity index (χ0) is 22.1. The molecule has 4 aromatic rings. The van der Waals surface area contributed by atoms with E-state index in [1.54, 1.807) is 25.7 Å². The lowest BCUT2D eigenvalue weighted by Crippen LogP contribution is -2.30. The molecule has 0 bridgehead atoms. The Labute approximate surface area is 196 Å². The maximum atomic E-state index is 6.47. The van der Waals surface area contributed by atoms with Crippen molar-refractivity contribution in [1.29, 1.82) is 0 Å². The van der Waals surface area contributed by atoms with Crippen molar-refractivity contribution in [2.75, 3.05) is 12.0 Å². The molecule has 1 saturated heterocycles. The number of hydrogen-bond donors (Lipinski definition) is 1. The van der Waals surface area contributed by atoms with E-state index in [0.717, 1.165) is 22.8 Å². The lowest BCUT2D eigenvalue weighted by molar-refractivity contribution is 0.415. The minimum Gasteiger partial charge on any atom is -0.495 e. The van der Waals surface area contributed by atoms with Crippen LogP contribution in [0.4, 0.5) is 5.69 Å². The Kier molecular flexibility index (Phi) is 5.51. The van der Waals surface area contributed by atoms with Crippen molar-refractivity contribution in [3.8, 4) is 11.4 Å². The van der Waals surface area contributed by atoms with Crippen LogP contribution < -0.4 is 15.0 Å². The van der Waals surface area contributed by atoms with Crippen molar-refractivity contribution in [2.24, 2.45) is 0 Å². The first-order chi connectivity index (χ1) is 15.7. The molecule has 32 heavy (non-hydrogen) atoms. The fourth-order valence-corrected chi connectivity index (χ4v) is 4.71. The van der Waals surface area contributed by atoms with Crippen LogP contribution in [0.1, 0.15) is 23.5 Å². The number of benzene rings is 1. The molecule has 4 heterocycles. The minimum absolute atomic E-state index is 0.153. The molecule has 5 rings (SSSR count). The van der Waals surface area contributed by atoms with Gasteiger partial charge in [0.15, 0.2) is 5.11 Å². The Morgan fingerprint density at radius 1 is 1.00 bits per heavy atom. The van der Waals surface area contributed by atoms with Crippen LogP contribution >= 0.6 is 23.8 Å². The first-order valence-electron chi connectivity index (χ1n) is 10.1. The number of hydrogen-bond acceptors (Lipinski definition) is 4. The van der Waals surface area contributed by atoms with E-state index in [-0.39, 0.29) is 12.1 Å². The standard InChI is InChI=1S/C24H20ClN5OS/c1-31-21-8-7-17(15-18(21)25)30-23(22(28-24(30)32)19-5-2-3-11-27-19)20-6-4-14-29(20)16-9-12-26-13-10-16/h2-15,22-23H,1H3,(H,28,32)/t22-,23-/m0/s1. The first kappa shape index (κ1) is 20.5. The molecule has 0 spiro atoms. The van der Waals surface area contributed by atoms with E-state index in [2.05, 4.69) is 30.8 Å². The van der Waals surface area contributed by atoms with Crippen LogP contribution in [0.25, 0.3) is 5.69 Å². The number of nitrogens with one attached hydrogen (secondary N) is 1. The molecule has 0 amide bonds. The third-order valence-electron chi connectivity index (χ3n) is 5.54. The maximum Gasteiger partial charge on any atom is 0.174 e. The summed E-state index contributed by atoms with van der Waals surface area (Å²) in [5.41, 5.74) is 3.86. The zero-order valence-corrected chi connectivity index (χ0v) is 18.8. The third-order valence-corrected chi connectivity index (χ3v) is 6.15. The zero-order valence-electron chi connectivity index (χ0n) is 17.2. The van der Waals surface area contributed by atoms with Gasteiger partial charge >= 0.3 is 0 Å². The molecule has 3 aromatic heterocycles. The van der Waals surface area contributed by atoms with Gasteiger partial charge in [0.2, 0.25) is 0 Å². The summed E-state index contributed by atoms with van der Waals surface area (Å²) >= 11 is 12.3. The molecule has 1 fully saturated rings. The third kappa shape index (κ3) is 3.59. The highest BCUT2D eigenvalue weighted by molar-refractivity contribution is 7.80. The topological polar surface area (TPSA) is 55.2 Å². The molecule has 2 atom stereocenters. The smallest absolute Gasteiger partial charge is 0.174 e. The molecule has 0 radical (unpaired) electrons. The Morgan fingerprint density at radius 3 is 2.56 bits per heavy atom. The maximum absolute atomic E-state index is 6.47. The SMILES string of the molecule is COc1ccc(N2C(=S)N[C@@H](c3ccccn3)[C@@H]2c2cccn2-c2ccncc2)cc1Cl. The summed E-state index contributed by atoms with van der Waals surface area (Å²) in [5, 5.41) is 4.61. The highest BCUT2D eigenvalue weighted by Crippen LogP contribution is 2.43. The predicted molar refractivity (Wildman–Crippen MR) is 129 cm³/mol. The van der Waals surface area contributed by atoms with Crippen molar-refractivity contribution in [3.05, 3.63) is 102 Å². The van der Waals surface area contributed by atoms with E-state index in [1.807, 2.05) is 60.8 Å². The van der Waals surface area contributed by atoms with Crippen LogP contribution in [0.5, 0.6) is 5.75 Å². The molecule has 6 nitrogen and oxygen atoms in total. The number of aromatic nitrogens is 3. The van der Waals surface area contributed by atoms with Crippen molar-refractivity contribution in [1.82, 2.24) is 19.9 Å². The highest BCUT2D eigenvalue weighted by Gasteiger charge is 2.42. The fraction of sp³-hybridized carbons (Fsp3) is 0.125. The molecule has 160 valence electrons. The van der Waals surface area contributed by atoms with Gasteiger partial charge in [0.1, 0.15) is 11.8 Å². The van der Waals surface area contributed by atoms with Crippen molar-refractivity contribution in [2.45, 2.75) is 12.1 Å². The molecule has 1 N–H and O–H groups in total. The van der Waals surface area contributed by atoms with E-state index in [9.17, 15) is 0 Å². The number of anilines is 1. The monoisotopic (exact) mass is 461 g/mol. The van der Waals surface area contributed by atoms with E-state index in [4.69, 9.17) is 28.6 Å². The van der Waals surface area contributed by atoms with Crippen LogP contribution in [0.3, 0.4) is 0 Å². The normalized spacial score (nSPS) is 17.9. The summed E-state index contributed by atoms with van der Waals surface area (Å²) < 4.78 is 7.49. The molecule has 0 unspecified atom stereocenters. The van der Waals surface area contributed by atoms with Crippen LogP contribution in [0.2, 0.25) is 5.02 Å². The van der Waals surface area contributed by atoms with Gasteiger partial charge < -0.3 is 19.5 Å². The number of nitrogens with zero attached hydrogens (tertiary/aromatic N) is 4. The summed E-state index contributed by atoms with van der Waals surface area (Å²) in [4.78, 5) is 10.9. The van der Waals surface area contributed by atoms with E-state index in [1.165, 1.54) is 0 Å². The second kappa shape index (κ2) is 8.61. The van der Waals surface area contributed by atoms with Gasteiger partial charge in [0.05, 0.1) is 23.9 Å². The van der Waals surface area contributed by atoms with Crippen molar-refractivity contribution in [3.63, 3.8) is 0 Å². The molecule has 0 saturated carbocycles. The van der Waals surface area contributed by atoms with Crippen LogP contribution in [0.15, 0.2) is 85.5 Å². The van der Waals surface area contributed by atoms with Gasteiger partial charge in [-0.2, -0.15) is 0 Å². The van der Waals surface area contributed by atoms with Gasteiger partial charge in [-0.3, -0.25) is 9.97 Å². The fourth-order valence-electron chi connectivity index (χ4n) is 4.11. The molecule has 1 aromatic carbocycles. The first-order valence-corrected chi connectivity index (χ1v) is 10.9. The Bertz CT molecular complexity index is 1250. The lowest BCUT2D eigenvalue weighted by atomic mass is 10.0. The number of halogens is 1. The second-order valence-corrected chi connectivity index (χ2v) is 8.12. The Morgan fingerprint density at radius 2 is 1.84 bits per heavy atom. The summed E-state index contributed by atoms with van der Waals surface area (Å²) in [5.74, 6) is 0.617. The molecule has 8 heteroatoms. The number of thiocarbonyl (C=S) groups is 1. The summed E-state index contributed by atoms with van der Waals surface area (Å²) in [6.07, 6.45) is 7.41. The van der Waals surface area contributed by atoms with Crippen LogP contribution in [0, 0.1) is 0 Å². The van der Waals surface area contributed by atoms with Gasteiger partial charge in [-0.25, -0.2) is 0 Å². The van der Waals surface area contributed by atoms with Crippen molar-refractivity contribution >= 4 is 34.6 Å². The average molecular weight is 462 g/mol. The molecular weight excluding hydrogens is 442 g/mol. The van der Waals surface area contributed by atoms with Crippen LogP contribution in [-0.4, -0.2) is 26.8 Å². The number of pyridine rings is 2. The van der Waals surface area contributed by atoms with E-state index in [0.29, 0.717) is 15.9 Å². The lowest BCUT2D eigenvalue weighted by Gasteiger charge is -2.29. The quantitative estimate of drug-likeness (QED) is 0.417. The van der Waals surface area contributed by atoms with Crippen LogP contribution in [-0.2, 0) is 0 Å². The van der Waals surface area contributed by atoms with Gasteiger partial charge in [-0.15, -0.1) is 0 Å². The van der Waals surface area contributed by atoms with Gasteiger partial charge in [-0.05, 0) is 66.8 Å². The molecule has 1 aliphatic rings. The molecular formula is C24H20ClN5OS. The number of methoxy groups -OCH3 is 1. The summed E-state index contributed by atoms with van der Waals surface area (Å²) in [7, 11) is 1.60. The summed E-state index contributed by atoms with van der Waals surface area (Å²) in [6, 6.07) is 19.4. The number of ether oxygens (including phenoxy) is 1. The minimum atomic E-state index is -0.162. The van der Waals surface area contributed by atoms with Gasteiger partial charge in [-0.1, -0.05) is 17.7 Å². The average Bonchev–Trinajstić information content (AvgIpc) is 3.44. The second-order valence-electron chi connectivity index (χ2n) is 7.32. The molecule has 1 aliphatic heterocycles. The molecule has 0 aliphatic carbocycles. The van der Waals surface area contributed by atoms with E-state index >= 15 is 0 Å². The highest BCUT2D eigenvalue weighted by atomic mass is 35.5. The number of rotatable bonds is 5. The Hall–Kier alpha value is -3.42.